The first-order chi connectivity index (χ1) is 9.31. The van der Waals surface area contributed by atoms with Gasteiger partial charge in [-0.15, -0.1) is 0 Å². The monoisotopic (exact) mass is 255 g/mol. The van der Waals surface area contributed by atoms with Gasteiger partial charge in [0.15, 0.2) is 11.5 Å². The number of fused-ring (bicyclic) bond motifs is 1. The second kappa shape index (κ2) is 4.61. The topological polar surface area (TPSA) is 60.0 Å². The van der Waals surface area contributed by atoms with Crippen LogP contribution in [0.15, 0.2) is 36.7 Å². The van der Waals surface area contributed by atoms with Crippen LogP contribution in [-0.2, 0) is 0 Å². The molecule has 5 nitrogen and oxygen atoms in total. The highest BCUT2D eigenvalue weighted by Crippen LogP contribution is 2.32. The first kappa shape index (κ1) is 11.5. The Balaban J connectivity index is 2.16. The number of aromatic amines is 1. The van der Waals surface area contributed by atoms with Crippen molar-refractivity contribution in [2.45, 2.75) is 0 Å². The summed E-state index contributed by atoms with van der Waals surface area (Å²) >= 11 is 0. The molecule has 0 saturated heterocycles. The van der Waals surface area contributed by atoms with Crippen molar-refractivity contribution < 1.29 is 9.47 Å². The highest BCUT2D eigenvalue weighted by Gasteiger charge is 2.10. The normalized spacial score (nSPS) is 10.6. The predicted octanol–water partition coefficient (Wildman–Crippen LogP) is 2.64. The van der Waals surface area contributed by atoms with E-state index in [1.54, 1.807) is 26.6 Å². The Bertz CT molecular complexity index is 666. The molecule has 0 aliphatic rings. The SMILES string of the molecule is COc1cc2nc(-c3ccncc3)[nH]c2cc1OC. The maximum Gasteiger partial charge on any atom is 0.163 e. The summed E-state index contributed by atoms with van der Waals surface area (Å²) in [5.74, 6) is 2.15. The summed E-state index contributed by atoms with van der Waals surface area (Å²) in [4.78, 5) is 11.8. The van der Waals surface area contributed by atoms with Crippen LogP contribution in [-0.4, -0.2) is 29.2 Å². The fourth-order valence-electron chi connectivity index (χ4n) is 1.98. The van der Waals surface area contributed by atoms with E-state index >= 15 is 0 Å². The van der Waals surface area contributed by atoms with E-state index in [0.717, 1.165) is 22.4 Å². The van der Waals surface area contributed by atoms with Crippen molar-refractivity contribution in [2.24, 2.45) is 0 Å². The molecule has 0 radical (unpaired) electrons. The number of pyridine rings is 1. The summed E-state index contributed by atoms with van der Waals surface area (Å²) in [6.45, 7) is 0. The lowest BCUT2D eigenvalue weighted by Gasteiger charge is -2.06. The highest BCUT2D eigenvalue weighted by atomic mass is 16.5. The van der Waals surface area contributed by atoms with Crippen LogP contribution in [0.4, 0.5) is 0 Å². The van der Waals surface area contributed by atoms with Crippen LogP contribution in [0.5, 0.6) is 11.5 Å². The molecule has 2 heterocycles. The van der Waals surface area contributed by atoms with Gasteiger partial charge in [0.25, 0.3) is 0 Å². The molecule has 96 valence electrons. The fourth-order valence-corrected chi connectivity index (χ4v) is 1.98. The van der Waals surface area contributed by atoms with Crippen molar-refractivity contribution >= 4 is 11.0 Å². The largest absolute Gasteiger partial charge is 0.493 e. The standard InChI is InChI=1S/C14H13N3O2/c1-18-12-7-10-11(8-13(12)19-2)17-14(16-10)9-3-5-15-6-4-9/h3-8H,1-2H3,(H,16,17). The molecule has 0 aliphatic heterocycles. The molecule has 1 aromatic carbocycles. The van der Waals surface area contributed by atoms with E-state index in [2.05, 4.69) is 15.0 Å². The predicted molar refractivity (Wildman–Crippen MR) is 72.4 cm³/mol. The minimum Gasteiger partial charge on any atom is -0.493 e. The Morgan fingerprint density at radius 3 is 2.37 bits per heavy atom. The number of hydrogen-bond donors (Lipinski definition) is 1. The third-order valence-electron chi connectivity index (χ3n) is 2.94. The van der Waals surface area contributed by atoms with Gasteiger partial charge >= 0.3 is 0 Å². The molecule has 3 aromatic rings. The minimum absolute atomic E-state index is 0.669. The van der Waals surface area contributed by atoms with E-state index in [1.165, 1.54) is 0 Å². The summed E-state index contributed by atoms with van der Waals surface area (Å²) in [5, 5.41) is 0. The maximum absolute atomic E-state index is 5.28. The number of nitrogens with one attached hydrogen (secondary N) is 1. The highest BCUT2D eigenvalue weighted by molar-refractivity contribution is 5.83. The quantitative estimate of drug-likeness (QED) is 0.781. The van der Waals surface area contributed by atoms with E-state index < -0.39 is 0 Å². The van der Waals surface area contributed by atoms with Gasteiger partial charge in [-0.25, -0.2) is 4.98 Å². The van der Waals surface area contributed by atoms with Crippen molar-refractivity contribution in [1.82, 2.24) is 15.0 Å². The van der Waals surface area contributed by atoms with E-state index in [1.807, 2.05) is 24.3 Å². The number of hydrogen-bond acceptors (Lipinski definition) is 4. The van der Waals surface area contributed by atoms with Crippen LogP contribution in [0, 0.1) is 0 Å². The smallest absolute Gasteiger partial charge is 0.163 e. The molecule has 1 N–H and O–H groups in total. The molecule has 0 bridgehead atoms. The summed E-state index contributed by atoms with van der Waals surface area (Å²) in [5.41, 5.74) is 2.73. The molecule has 0 amide bonds. The first-order valence-electron chi connectivity index (χ1n) is 5.84. The zero-order valence-electron chi connectivity index (χ0n) is 10.7. The molecule has 0 aliphatic carbocycles. The second-order valence-corrected chi connectivity index (χ2v) is 4.05. The zero-order valence-corrected chi connectivity index (χ0v) is 10.7. The lowest BCUT2D eigenvalue weighted by Crippen LogP contribution is -1.89. The van der Waals surface area contributed by atoms with E-state index in [9.17, 15) is 0 Å². The molecular weight excluding hydrogens is 242 g/mol. The number of benzene rings is 1. The number of H-pyrrole nitrogens is 1. The fraction of sp³-hybridized carbons (Fsp3) is 0.143. The van der Waals surface area contributed by atoms with Crippen LogP contribution >= 0.6 is 0 Å². The molecule has 0 unspecified atom stereocenters. The van der Waals surface area contributed by atoms with Gasteiger partial charge in [-0.2, -0.15) is 0 Å². The number of methoxy groups -OCH3 is 2. The molecule has 2 aromatic heterocycles. The summed E-state index contributed by atoms with van der Waals surface area (Å²) in [7, 11) is 3.23. The van der Waals surface area contributed by atoms with Crippen LogP contribution in [0.2, 0.25) is 0 Å². The van der Waals surface area contributed by atoms with Crippen LogP contribution in [0.3, 0.4) is 0 Å². The summed E-state index contributed by atoms with van der Waals surface area (Å²) in [6.07, 6.45) is 3.48. The number of nitrogens with zero attached hydrogens (tertiary/aromatic N) is 2. The lowest BCUT2D eigenvalue weighted by atomic mass is 10.3. The van der Waals surface area contributed by atoms with Gasteiger partial charge in [-0.1, -0.05) is 0 Å². The molecule has 0 saturated carbocycles. The van der Waals surface area contributed by atoms with Gasteiger partial charge < -0.3 is 14.5 Å². The Kier molecular flexibility index (Phi) is 2.79. The average molecular weight is 255 g/mol. The van der Waals surface area contributed by atoms with Gasteiger partial charge in [-0.3, -0.25) is 4.98 Å². The van der Waals surface area contributed by atoms with Gasteiger partial charge in [0.05, 0.1) is 25.3 Å². The van der Waals surface area contributed by atoms with E-state index in [0.29, 0.717) is 11.5 Å². The molecular formula is C14H13N3O2. The molecule has 3 rings (SSSR count). The summed E-state index contributed by atoms with van der Waals surface area (Å²) < 4.78 is 10.5. The third-order valence-corrected chi connectivity index (χ3v) is 2.94. The zero-order chi connectivity index (χ0) is 13.2. The molecule has 19 heavy (non-hydrogen) atoms. The van der Waals surface area contributed by atoms with E-state index in [-0.39, 0.29) is 0 Å². The van der Waals surface area contributed by atoms with Gasteiger partial charge in [0, 0.05) is 30.1 Å². The molecule has 0 atom stereocenters. The van der Waals surface area contributed by atoms with Crippen molar-refractivity contribution in [3.8, 4) is 22.9 Å². The van der Waals surface area contributed by atoms with Crippen LogP contribution in [0.1, 0.15) is 0 Å². The van der Waals surface area contributed by atoms with Gasteiger partial charge in [0.2, 0.25) is 0 Å². The first-order valence-corrected chi connectivity index (χ1v) is 5.84. The van der Waals surface area contributed by atoms with Crippen molar-refractivity contribution in [2.75, 3.05) is 14.2 Å². The Morgan fingerprint density at radius 2 is 1.68 bits per heavy atom. The number of imidazole rings is 1. The van der Waals surface area contributed by atoms with Gasteiger partial charge in [0.1, 0.15) is 5.82 Å². The number of ether oxygens (including phenoxy) is 2. The Morgan fingerprint density at radius 1 is 1.00 bits per heavy atom. The molecule has 0 fully saturated rings. The lowest BCUT2D eigenvalue weighted by molar-refractivity contribution is 0.356. The molecule has 0 spiro atoms. The van der Waals surface area contributed by atoms with Crippen molar-refractivity contribution in [3.63, 3.8) is 0 Å². The van der Waals surface area contributed by atoms with Crippen molar-refractivity contribution in [1.29, 1.82) is 0 Å². The van der Waals surface area contributed by atoms with Crippen LogP contribution in [0.25, 0.3) is 22.4 Å². The number of rotatable bonds is 3. The number of aromatic nitrogens is 3. The Hall–Kier alpha value is -2.56. The van der Waals surface area contributed by atoms with Gasteiger partial charge in [-0.05, 0) is 12.1 Å². The van der Waals surface area contributed by atoms with Crippen LogP contribution < -0.4 is 9.47 Å². The third kappa shape index (κ3) is 1.99. The molecule has 5 heteroatoms. The Labute approximate surface area is 110 Å². The van der Waals surface area contributed by atoms with E-state index in [4.69, 9.17) is 9.47 Å². The summed E-state index contributed by atoms with van der Waals surface area (Å²) in [6, 6.07) is 7.56. The second-order valence-electron chi connectivity index (χ2n) is 4.05. The average Bonchev–Trinajstić information content (AvgIpc) is 2.89. The minimum atomic E-state index is 0.669. The maximum atomic E-state index is 5.28. The van der Waals surface area contributed by atoms with Crippen molar-refractivity contribution in [3.05, 3.63) is 36.7 Å².